The van der Waals surface area contributed by atoms with E-state index in [2.05, 4.69) is 540 Å². The van der Waals surface area contributed by atoms with Gasteiger partial charge < -0.3 is 23.9 Å². The monoisotopic (exact) mass is 1840 g/mol. The normalized spacial score (nSPS) is 13.1. The lowest BCUT2D eigenvalue weighted by Crippen LogP contribution is -2.58. The second kappa shape index (κ2) is 33.4. The summed E-state index contributed by atoms with van der Waals surface area (Å²) in [6.07, 6.45) is 0. The number of hydrogen-bond acceptors (Lipinski definition) is 2. The smallest absolute Gasteiger partial charge is 0.249 e. The maximum absolute atomic E-state index is 4.71. The molecule has 6 heteroatoms. The molecule has 0 radical (unpaired) electrons. The Morgan fingerprint density at radius 1 is 0.190 bits per heavy atom. The molecule has 0 aliphatic carbocycles. The van der Waals surface area contributed by atoms with Crippen LogP contribution < -0.4 is 26.6 Å². The molecule has 0 atom stereocenters. The molecule has 3 aromatic heterocycles. The first-order valence-electron chi connectivity index (χ1n) is 51.0. The third-order valence-corrected chi connectivity index (χ3v) is 30.7. The van der Waals surface area contributed by atoms with Crippen molar-refractivity contribution >= 4 is 117 Å². The lowest BCUT2D eigenvalue weighted by molar-refractivity contribution is 0.590. The third-order valence-electron chi connectivity index (χ3n) is 30.7. The van der Waals surface area contributed by atoms with Crippen molar-refractivity contribution in [2.24, 2.45) is 0 Å². The second-order valence-corrected chi connectivity index (χ2v) is 47.6. The van der Waals surface area contributed by atoms with Crippen LogP contribution in [0.1, 0.15) is 184 Å². The van der Waals surface area contributed by atoms with Crippen molar-refractivity contribution in [3.63, 3.8) is 0 Å². The Morgan fingerprint density at radius 3 is 0.951 bits per heavy atom. The molecule has 0 unspecified atom stereocenters. The maximum atomic E-state index is 4.71. The predicted octanol–water partition coefficient (Wildman–Crippen LogP) is 35.8. The van der Waals surface area contributed by atoms with Crippen LogP contribution >= 0.6 is 0 Å². The summed E-state index contributed by atoms with van der Waals surface area (Å²) >= 11 is 0. The summed E-state index contributed by atoms with van der Waals surface area (Å²) in [5.74, 6) is 0. The Morgan fingerprint density at radius 2 is 0.493 bits per heavy atom. The molecule has 142 heavy (non-hydrogen) atoms. The summed E-state index contributed by atoms with van der Waals surface area (Å²) < 4.78 is 7.73. The van der Waals surface area contributed by atoms with Crippen molar-refractivity contribution in [3.8, 4) is 106 Å². The van der Waals surface area contributed by atoms with Gasteiger partial charge in [-0.3, -0.25) is 0 Å². The Labute approximate surface area is 839 Å². The van der Waals surface area contributed by atoms with Crippen LogP contribution in [0.2, 0.25) is 0 Å². The Balaban J connectivity index is 0.904. The number of anilines is 5. The van der Waals surface area contributed by atoms with Gasteiger partial charge in [0.25, 0.3) is 0 Å². The minimum atomic E-state index is -0.412. The molecule has 698 valence electrons. The highest BCUT2D eigenvalue weighted by atomic mass is 15.2. The van der Waals surface area contributed by atoms with E-state index in [1.165, 1.54) is 121 Å². The molecule has 10 bridgehead atoms. The van der Waals surface area contributed by atoms with Gasteiger partial charge in [0.15, 0.2) is 0 Å². The summed E-state index contributed by atoms with van der Waals surface area (Å²) in [5, 5.41) is 11.9. The number of nitrogens with zero attached hydrogens (tertiary/aromatic N) is 4. The number of fused-ring (bicyclic) bond motifs is 6. The molecule has 3 aliphatic rings. The topological polar surface area (TPSA) is 30.1 Å². The van der Waals surface area contributed by atoms with Gasteiger partial charge in [0.2, 0.25) is 6.71 Å². The summed E-state index contributed by atoms with van der Waals surface area (Å²) in [5.41, 5.74) is 44.5. The number of hydrogen-bond donors (Lipinski definition) is 1. The summed E-state index contributed by atoms with van der Waals surface area (Å²) in [7, 11) is 0. The van der Waals surface area contributed by atoms with Crippen LogP contribution in [0.15, 0.2) is 376 Å². The zero-order chi connectivity index (χ0) is 98.5. The van der Waals surface area contributed by atoms with Crippen molar-refractivity contribution in [1.82, 2.24) is 13.7 Å². The Hall–Kier alpha value is -15.0. The van der Waals surface area contributed by atoms with Crippen molar-refractivity contribution in [3.05, 3.63) is 415 Å². The molecule has 21 aromatic rings. The van der Waals surface area contributed by atoms with Gasteiger partial charge in [0.1, 0.15) is 0 Å². The molecular formula is C136H126BN5. The van der Waals surface area contributed by atoms with Crippen LogP contribution in [0.25, 0.3) is 171 Å². The van der Waals surface area contributed by atoms with E-state index in [0.717, 1.165) is 134 Å². The molecule has 1 N–H and O–H groups in total. The SMILES string of the molecule is CC(C)(C)c1cc(-c2ccccc2)c2c(c1)-c1cccc(c1)-c1ccc3c(c1)c1cc(ccc1n3-c1cccc(-c3ccccc3)c1)-c1cccc(c1)-c1cc(C(C)(C)C)cc(-c3ccc(-c4ccccc4)cc3)c1N1c3cc(-n4c5cc(C(C)(C)C)ccc5c5ccc(C(C)(C)C)cc54)ccc3B(c3ccc(-n4c5cc(C(C)(C)C)ccc5c5ccc(C(C)(C)C)cc54)cc3N2)c2ccc(C(C)(C)C)cc21. The molecule has 3 aliphatic heterocycles. The average molecular weight is 1840 g/mol. The van der Waals surface area contributed by atoms with Gasteiger partial charge >= 0.3 is 0 Å². The van der Waals surface area contributed by atoms with Crippen molar-refractivity contribution in [1.29, 1.82) is 0 Å². The maximum Gasteiger partial charge on any atom is 0.249 e. The second-order valence-electron chi connectivity index (χ2n) is 47.6. The van der Waals surface area contributed by atoms with Crippen molar-refractivity contribution in [2.45, 2.75) is 183 Å². The molecule has 6 heterocycles. The molecule has 0 spiro atoms. The Kier molecular flexibility index (Phi) is 21.3. The van der Waals surface area contributed by atoms with E-state index in [0.29, 0.717) is 0 Å². The van der Waals surface area contributed by atoms with Gasteiger partial charge in [-0.2, -0.15) is 0 Å². The molecule has 0 saturated carbocycles. The highest BCUT2D eigenvalue weighted by Crippen LogP contribution is 2.54. The number of benzene rings is 18. The van der Waals surface area contributed by atoms with Crippen molar-refractivity contribution in [2.75, 3.05) is 10.2 Å². The third kappa shape index (κ3) is 15.9. The fourth-order valence-electron chi connectivity index (χ4n) is 22.4. The molecule has 0 amide bonds. The predicted molar refractivity (Wildman–Crippen MR) is 613 cm³/mol. The van der Waals surface area contributed by atoms with Crippen LogP contribution in [0.3, 0.4) is 0 Å². The molecular weight excluding hydrogens is 1710 g/mol. The minimum absolute atomic E-state index is 0.146. The fourth-order valence-corrected chi connectivity index (χ4v) is 22.4. The van der Waals surface area contributed by atoms with E-state index in [9.17, 15) is 0 Å². The van der Waals surface area contributed by atoms with E-state index in [1.807, 2.05) is 0 Å². The van der Waals surface area contributed by atoms with Crippen molar-refractivity contribution < 1.29 is 0 Å². The summed E-state index contributed by atoms with van der Waals surface area (Å²) in [4.78, 5) is 2.77. The number of nitrogens with one attached hydrogen (secondary N) is 1. The van der Waals surface area contributed by atoms with E-state index >= 15 is 0 Å². The molecule has 0 saturated heterocycles. The van der Waals surface area contributed by atoms with Crippen LogP contribution in [-0.2, 0) is 37.9 Å². The zero-order valence-electron chi connectivity index (χ0n) is 86.2. The van der Waals surface area contributed by atoms with Gasteiger partial charge in [-0.1, -0.05) is 394 Å². The minimum Gasteiger partial charge on any atom is -0.355 e. The standard InChI is InChI=1S/C136H126BN5/c1-130(2,3)96-52-59-106-107-60-53-97(131(4,5)6)78-123(107)140(122(106)77-96)104-57-64-116-119(82-104)138-128-110(87-38-29-24-30-39-87)73-101(135(16,17)18)74-111(128)94-43-31-40-89(68-94)92-50-66-120-114(71-92)115-72-93(51-67-121(115)139(120)103-45-33-42-91(70-103)85-36-27-23-28-37-85)90-41-32-44-95(69-90)113-76-102(136(19,20)21)75-112(88-48-46-86(47-49-88)84-34-25-22-26-35-84)129(113)142-126-81-100(134(13,14)15)56-63-117(126)137(116)118-65-58-105(83-127(118)142)141-124-79-98(132(7,8)9)54-61-108(124)109-62-55-99(80-125(109)141)133(10,11)12/h22-83,138H,1-21H3. The lowest BCUT2D eigenvalue weighted by atomic mass is 9.34. The van der Waals surface area contributed by atoms with Crippen LogP contribution in [-0.4, -0.2) is 20.4 Å². The summed E-state index contributed by atoms with van der Waals surface area (Å²) in [6, 6.07) is 147. The average Bonchev–Trinajstić information content (AvgIpc) is 0.933. The quantitative estimate of drug-likeness (QED) is 0.161. The number of rotatable bonds is 7. The summed E-state index contributed by atoms with van der Waals surface area (Å²) in [6.45, 7) is 49.3. The highest BCUT2D eigenvalue weighted by molar-refractivity contribution is 6.99. The first-order chi connectivity index (χ1) is 67.8. The van der Waals surface area contributed by atoms with E-state index in [4.69, 9.17) is 5.32 Å². The van der Waals surface area contributed by atoms with Crippen LogP contribution in [0.4, 0.5) is 28.4 Å². The molecule has 18 aromatic carbocycles. The molecule has 5 nitrogen and oxygen atoms in total. The van der Waals surface area contributed by atoms with Gasteiger partial charge in [-0.25, -0.2) is 0 Å². The van der Waals surface area contributed by atoms with E-state index < -0.39 is 6.71 Å². The van der Waals surface area contributed by atoms with Gasteiger partial charge in [-0.05, 0) is 287 Å². The molecule has 0 fully saturated rings. The fraction of sp³-hybridized carbons (Fsp3) is 0.206. The zero-order valence-corrected chi connectivity index (χ0v) is 86.2. The van der Waals surface area contributed by atoms with Crippen LogP contribution in [0.5, 0.6) is 0 Å². The van der Waals surface area contributed by atoms with Gasteiger partial charge in [0.05, 0.1) is 44.5 Å². The first kappa shape index (κ1) is 90.8. The largest absolute Gasteiger partial charge is 0.355 e. The Bertz CT molecular complexity index is 8540. The highest BCUT2D eigenvalue weighted by Gasteiger charge is 2.42. The van der Waals surface area contributed by atoms with E-state index in [1.54, 1.807) is 0 Å². The number of aromatic nitrogens is 3. The molecule has 24 rings (SSSR count). The van der Waals surface area contributed by atoms with E-state index in [-0.39, 0.29) is 37.9 Å². The van der Waals surface area contributed by atoms with Gasteiger partial charge in [0, 0.05) is 88.7 Å². The van der Waals surface area contributed by atoms with Gasteiger partial charge in [-0.15, -0.1) is 0 Å². The lowest BCUT2D eigenvalue weighted by Gasteiger charge is -2.41. The van der Waals surface area contributed by atoms with Crippen LogP contribution in [0, 0.1) is 0 Å². The first-order valence-corrected chi connectivity index (χ1v) is 51.0.